The predicted molar refractivity (Wildman–Crippen MR) is 86.7 cm³/mol. The number of morpholine rings is 1. The van der Waals surface area contributed by atoms with Crippen LogP contribution in [-0.4, -0.2) is 73.7 Å². The number of nitrogens with zero attached hydrogens (tertiary/aromatic N) is 3. The van der Waals surface area contributed by atoms with Crippen molar-refractivity contribution in [2.24, 2.45) is 5.92 Å². The summed E-state index contributed by atoms with van der Waals surface area (Å²) >= 11 is 0. The molecular formula is C17H25N3O3. The van der Waals surface area contributed by atoms with Gasteiger partial charge in [-0.1, -0.05) is 0 Å². The van der Waals surface area contributed by atoms with Crippen LogP contribution in [0.25, 0.3) is 0 Å². The van der Waals surface area contributed by atoms with E-state index < -0.39 is 0 Å². The average molecular weight is 319 g/mol. The highest BCUT2D eigenvalue weighted by Gasteiger charge is 2.27. The molecule has 6 heteroatoms. The monoisotopic (exact) mass is 319 g/mol. The molecule has 3 heterocycles. The number of hydrogen-bond donors (Lipinski definition) is 0. The first kappa shape index (κ1) is 16.2. The molecule has 2 aliphatic rings. The van der Waals surface area contributed by atoms with Crippen molar-refractivity contribution >= 4 is 5.91 Å². The molecule has 1 amide bonds. The summed E-state index contributed by atoms with van der Waals surface area (Å²) in [6.07, 6.45) is 3.87. The Hall–Kier alpha value is -1.66. The van der Waals surface area contributed by atoms with Crippen LogP contribution in [0.2, 0.25) is 0 Å². The van der Waals surface area contributed by atoms with Crippen LogP contribution in [0.5, 0.6) is 5.75 Å². The molecule has 1 aromatic heterocycles. The number of rotatable bonds is 4. The van der Waals surface area contributed by atoms with Gasteiger partial charge < -0.3 is 14.4 Å². The van der Waals surface area contributed by atoms with E-state index in [0.717, 1.165) is 52.4 Å². The number of hydrogen-bond acceptors (Lipinski definition) is 5. The molecule has 23 heavy (non-hydrogen) atoms. The summed E-state index contributed by atoms with van der Waals surface area (Å²) in [5, 5.41) is 0. The molecule has 2 saturated heterocycles. The quantitative estimate of drug-likeness (QED) is 0.837. The molecule has 0 aliphatic carbocycles. The lowest BCUT2D eigenvalue weighted by Gasteiger charge is -2.36. The van der Waals surface area contributed by atoms with Crippen LogP contribution in [0.4, 0.5) is 0 Å². The van der Waals surface area contributed by atoms with Crippen molar-refractivity contribution in [2.45, 2.75) is 12.8 Å². The fraction of sp³-hybridized carbons (Fsp3) is 0.647. The largest absolute Gasteiger partial charge is 0.497 e. The Balaban J connectivity index is 1.59. The van der Waals surface area contributed by atoms with Gasteiger partial charge in [-0.25, -0.2) is 0 Å². The number of carbonyl (C=O) groups is 1. The van der Waals surface area contributed by atoms with Gasteiger partial charge in [0.2, 0.25) is 0 Å². The smallest absolute Gasteiger partial charge is 0.272 e. The highest BCUT2D eigenvalue weighted by molar-refractivity contribution is 5.92. The third-order valence-corrected chi connectivity index (χ3v) is 4.61. The molecule has 0 aromatic carbocycles. The molecule has 6 nitrogen and oxygen atoms in total. The van der Waals surface area contributed by atoms with E-state index >= 15 is 0 Å². The molecule has 0 radical (unpaired) electrons. The fourth-order valence-electron chi connectivity index (χ4n) is 3.36. The van der Waals surface area contributed by atoms with E-state index in [1.807, 2.05) is 4.90 Å². The summed E-state index contributed by atoms with van der Waals surface area (Å²) in [5.41, 5.74) is 0.469. The van der Waals surface area contributed by atoms with Crippen molar-refractivity contribution < 1.29 is 14.3 Å². The number of likely N-dealkylation sites (tertiary alicyclic amines) is 1. The van der Waals surface area contributed by atoms with Gasteiger partial charge in [-0.2, -0.15) is 0 Å². The SMILES string of the molecule is COc1ccnc(C(=O)N2CCCC(CN3CCOCC3)C2)c1. The molecular weight excluding hydrogens is 294 g/mol. The molecule has 0 saturated carbocycles. The second kappa shape index (κ2) is 7.75. The lowest BCUT2D eigenvalue weighted by atomic mass is 9.97. The molecule has 3 rings (SSSR count). The van der Waals surface area contributed by atoms with Crippen LogP contribution < -0.4 is 4.74 Å². The average Bonchev–Trinajstić information content (AvgIpc) is 2.62. The summed E-state index contributed by atoms with van der Waals surface area (Å²) in [7, 11) is 1.60. The minimum absolute atomic E-state index is 0.00979. The van der Waals surface area contributed by atoms with Gasteiger partial charge in [-0.3, -0.25) is 14.7 Å². The van der Waals surface area contributed by atoms with Crippen molar-refractivity contribution in [3.8, 4) is 5.75 Å². The molecule has 2 fully saturated rings. The highest BCUT2D eigenvalue weighted by atomic mass is 16.5. The van der Waals surface area contributed by atoms with Crippen LogP contribution >= 0.6 is 0 Å². The summed E-state index contributed by atoms with van der Waals surface area (Å²) in [6.45, 7) is 6.33. The fourth-order valence-corrected chi connectivity index (χ4v) is 3.36. The van der Waals surface area contributed by atoms with E-state index in [1.165, 1.54) is 6.42 Å². The maximum absolute atomic E-state index is 12.7. The lowest BCUT2D eigenvalue weighted by Crippen LogP contribution is -2.46. The number of pyridine rings is 1. The van der Waals surface area contributed by atoms with Gasteiger partial charge in [-0.05, 0) is 24.8 Å². The maximum atomic E-state index is 12.7. The molecule has 1 atom stereocenters. The Morgan fingerprint density at radius 2 is 2.22 bits per heavy atom. The topological polar surface area (TPSA) is 54.9 Å². The summed E-state index contributed by atoms with van der Waals surface area (Å²) < 4.78 is 10.6. The number of methoxy groups -OCH3 is 1. The van der Waals surface area contributed by atoms with Gasteiger partial charge in [0.1, 0.15) is 11.4 Å². The molecule has 1 aromatic rings. The predicted octanol–water partition coefficient (Wildman–Crippen LogP) is 1.27. The molecule has 0 spiro atoms. The number of aromatic nitrogens is 1. The zero-order valence-electron chi connectivity index (χ0n) is 13.7. The third-order valence-electron chi connectivity index (χ3n) is 4.61. The third kappa shape index (κ3) is 4.20. The van der Waals surface area contributed by atoms with E-state index in [2.05, 4.69) is 9.88 Å². The van der Waals surface area contributed by atoms with Crippen LogP contribution in [0.3, 0.4) is 0 Å². The Morgan fingerprint density at radius 1 is 1.39 bits per heavy atom. The van der Waals surface area contributed by atoms with E-state index in [1.54, 1.807) is 25.4 Å². The van der Waals surface area contributed by atoms with Crippen molar-refractivity contribution in [3.63, 3.8) is 0 Å². The maximum Gasteiger partial charge on any atom is 0.272 e. The van der Waals surface area contributed by atoms with Crippen LogP contribution in [0, 0.1) is 5.92 Å². The second-order valence-electron chi connectivity index (χ2n) is 6.25. The molecule has 126 valence electrons. The van der Waals surface area contributed by atoms with E-state index in [4.69, 9.17) is 9.47 Å². The standard InChI is InChI=1S/C17H25N3O3/c1-22-15-4-5-18-16(11-15)17(21)20-6-2-3-14(13-20)12-19-7-9-23-10-8-19/h4-5,11,14H,2-3,6-10,12-13H2,1H3. The van der Waals surface area contributed by atoms with Crippen molar-refractivity contribution in [1.29, 1.82) is 0 Å². The molecule has 0 N–H and O–H groups in total. The Labute approximate surface area is 137 Å². The number of piperidine rings is 1. The zero-order chi connectivity index (χ0) is 16.1. The van der Waals surface area contributed by atoms with Crippen LogP contribution in [-0.2, 0) is 4.74 Å². The summed E-state index contributed by atoms with van der Waals surface area (Å²) in [5.74, 6) is 1.22. The van der Waals surface area contributed by atoms with Crippen molar-refractivity contribution in [3.05, 3.63) is 24.0 Å². The van der Waals surface area contributed by atoms with Gasteiger partial charge in [0.05, 0.1) is 20.3 Å². The zero-order valence-corrected chi connectivity index (χ0v) is 13.7. The van der Waals surface area contributed by atoms with Crippen molar-refractivity contribution in [1.82, 2.24) is 14.8 Å². The normalized spacial score (nSPS) is 22.8. The lowest BCUT2D eigenvalue weighted by molar-refractivity contribution is 0.0223. The summed E-state index contributed by atoms with van der Waals surface area (Å²) in [6, 6.07) is 3.47. The highest BCUT2D eigenvalue weighted by Crippen LogP contribution is 2.20. The van der Waals surface area contributed by atoms with Gasteiger partial charge >= 0.3 is 0 Å². The molecule has 2 aliphatic heterocycles. The first-order chi connectivity index (χ1) is 11.3. The second-order valence-corrected chi connectivity index (χ2v) is 6.25. The van der Waals surface area contributed by atoms with Crippen LogP contribution in [0.15, 0.2) is 18.3 Å². The van der Waals surface area contributed by atoms with Gasteiger partial charge in [0.25, 0.3) is 5.91 Å². The Morgan fingerprint density at radius 3 is 3.00 bits per heavy atom. The Kier molecular flexibility index (Phi) is 5.46. The van der Waals surface area contributed by atoms with E-state index in [0.29, 0.717) is 17.4 Å². The summed E-state index contributed by atoms with van der Waals surface area (Å²) in [4.78, 5) is 21.3. The number of ether oxygens (including phenoxy) is 2. The first-order valence-electron chi connectivity index (χ1n) is 8.35. The first-order valence-corrected chi connectivity index (χ1v) is 8.35. The minimum Gasteiger partial charge on any atom is -0.497 e. The van der Waals surface area contributed by atoms with Crippen LogP contribution in [0.1, 0.15) is 23.3 Å². The number of carbonyl (C=O) groups excluding carboxylic acids is 1. The number of amides is 1. The molecule has 1 unspecified atom stereocenters. The molecule has 0 bridgehead atoms. The Bertz CT molecular complexity index is 532. The van der Waals surface area contributed by atoms with Gasteiger partial charge in [0, 0.05) is 45.0 Å². The minimum atomic E-state index is 0.00979. The van der Waals surface area contributed by atoms with Gasteiger partial charge in [0.15, 0.2) is 0 Å². The van der Waals surface area contributed by atoms with E-state index in [-0.39, 0.29) is 5.91 Å². The van der Waals surface area contributed by atoms with Crippen molar-refractivity contribution in [2.75, 3.05) is 53.0 Å². The van der Waals surface area contributed by atoms with Gasteiger partial charge in [-0.15, -0.1) is 0 Å². The van der Waals surface area contributed by atoms with E-state index in [9.17, 15) is 4.79 Å².